The van der Waals surface area contributed by atoms with Crippen molar-refractivity contribution in [3.63, 3.8) is 0 Å². The van der Waals surface area contributed by atoms with Gasteiger partial charge in [-0.1, -0.05) is 0 Å². The molecule has 2 aromatic rings. The van der Waals surface area contributed by atoms with Crippen molar-refractivity contribution in [3.8, 4) is 0 Å². The predicted octanol–water partition coefficient (Wildman–Crippen LogP) is 0.496. The lowest BCUT2D eigenvalue weighted by atomic mass is 10.4. The lowest BCUT2D eigenvalue weighted by Gasteiger charge is -2.08. The van der Waals surface area contributed by atoms with Crippen LogP contribution in [0.1, 0.15) is 5.56 Å². The van der Waals surface area contributed by atoms with Gasteiger partial charge in [0.1, 0.15) is 16.5 Å². The molecule has 17 heavy (non-hydrogen) atoms. The number of hydrogen-bond acceptors (Lipinski definition) is 5. The molecular weight excluding hydrogens is 242 g/mol. The van der Waals surface area contributed by atoms with Crippen molar-refractivity contribution < 1.29 is 8.42 Å². The molecule has 90 valence electrons. The van der Waals surface area contributed by atoms with E-state index in [2.05, 4.69) is 19.9 Å². The van der Waals surface area contributed by atoms with E-state index in [0.29, 0.717) is 11.4 Å². The Morgan fingerprint density at radius 2 is 2.24 bits per heavy atom. The topological polar surface area (TPSA) is 114 Å². The molecule has 0 spiro atoms. The summed E-state index contributed by atoms with van der Waals surface area (Å²) >= 11 is 0. The van der Waals surface area contributed by atoms with E-state index in [4.69, 9.17) is 5.73 Å². The summed E-state index contributed by atoms with van der Waals surface area (Å²) < 4.78 is 26.3. The quantitative estimate of drug-likeness (QED) is 0.736. The van der Waals surface area contributed by atoms with E-state index in [1.54, 1.807) is 6.92 Å². The summed E-state index contributed by atoms with van der Waals surface area (Å²) in [6, 6.07) is 2.89. The van der Waals surface area contributed by atoms with Crippen molar-refractivity contribution >= 4 is 21.7 Å². The molecule has 0 atom stereocenters. The van der Waals surface area contributed by atoms with E-state index in [0.717, 1.165) is 0 Å². The second kappa shape index (κ2) is 4.06. The number of nitrogens with two attached hydrogens (primary N) is 1. The molecule has 8 heteroatoms. The Balaban J connectivity index is 2.39. The first-order valence-corrected chi connectivity index (χ1v) is 6.22. The molecule has 2 rings (SSSR count). The normalized spacial score (nSPS) is 11.4. The third-order valence-electron chi connectivity index (χ3n) is 2.15. The zero-order valence-electron chi connectivity index (χ0n) is 9.01. The van der Waals surface area contributed by atoms with E-state index in [9.17, 15) is 8.42 Å². The van der Waals surface area contributed by atoms with Crippen molar-refractivity contribution in [1.82, 2.24) is 15.2 Å². The van der Waals surface area contributed by atoms with E-state index in [-0.39, 0.29) is 10.7 Å². The molecule has 0 bridgehead atoms. The highest BCUT2D eigenvalue weighted by atomic mass is 32.2. The molecule has 0 saturated carbocycles. The van der Waals surface area contributed by atoms with Crippen molar-refractivity contribution in [2.24, 2.45) is 0 Å². The fourth-order valence-corrected chi connectivity index (χ4v) is 2.44. The Kier molecular flexibility index (Phi) is 2.72. The van der Waals surface area contributed by atoms with Gasteiger partial charge in [0.25, 0.3) is 10.0 Å². The van der Waals surface area contributed by atoms with Gasteiger partial charge in [-0.25, -0.2) is 13.4 Å². The highest BCUT2D eigenvalue weighted by molar-refractivity contribution is 7.92. The molecule has 0 amide bonds. The van der Waals surface area contributed by atoms with E-state index in [1.165, 1.54) is 24.5 Å². The number of pyridine rings is 1. The summed E-state index contributed by atoms with van der Waals surface area (Å²) in [4.78, 5) is 3.67. The number of nitrogens with one attached hydrogen (secondary N) is 2. The zero-order valence-corrected chi connectivity index (χ0v) is 9.82. The smallest absolute Gasteiger partial charge is 0.266 e. The minimum absolute atomic E-state index is 0.0443. The molecule has 4 N–H and O–H groups in total. The zero-order chi connectivity index (χ0) is 12.5. The largest absolute Gasteiger partial charge is 0.383 e. The van der Waals surface area contributed by atoms with Gasteiger partial charge in [0, 0.05) is 11.8 Å². The average molecular weight is 253 g/mol. The monoisotopic (exact) mass is 253 g/mol. The summed E-state index contributed by atoms with van der Waals surface area (Å²) in [6.07, 6.45) is 2.94. The first-order valence-electron chi connectivity index (χ1n) is 4.74. The Morgan fingerprint density at radius 1 is 1.47 bits per heavy atom. The van der Waals surface area contributed by atoms with Gasteiger partial charge in [-0.15, -0.1) is 0 Å². The Labute approximate surface area is 98.1 Å². The van der Waals surface area contributed by atoms with Gasteiger partial charge in [-0.2, -0.15) is 5.10 Å². The van der Waals surface area contributed by atoms with Gasteiger partial charge in [0.2, 0.25) is 0 Å². The standard InChI is InChI=1S/C9H11N5O2S/c1-6-5-12-13-9(6)14-17(15,16)7-3-2-4-11-8(7)10/h2-5H,1H3,(H2,10,11)(H2,12,13,14). The number of aromatic amines is 1. The number of nitrogen functional groups attached to an aromatic ring is 1. The molecule has 0 aliphatic carbocycles. The van der Waals surface area contributed by atoms with Crippen LogP contribution in [0.5, 0.6) is 0 Å². The molecule has 0 unspecified atom stereocenters. The Bertz CT molecular complexity index is 634. The third-order valence-corrected chi connectivity index (χ3v) is 3.55. The minimum atomic E-state index is -3.75. The van der Waals surface area contributed by atoms with Crippen LogP contribution in [0.25, 0.3) is 0 Å². The molecule has 2 aromatic heterocycles. The van der Waals surface area contributed by atoms with Gasteiger partial charge in [0.15, 0.2) is 0 Å². The summed E-state index contributed by atoms with van der Waals surface area (Å²) in [5.41, 5.74) is 6.21. The minimum Gasteiger partial charge on any atom is -0.383 e. The molecule has 0 aliphatic heterocycles. The van der Waals surface area contributed by atoms with E-state index >= 15 is 0 Å². The van der Waals surface area contributed by atoms with Crippen LogP contribution in [0.4, 0.5) is 11.6 Å². The summed E-state index contributed by atoms with van der Waals surface area (Å²) in [5.74, 6) is 0.269. The fourth-order valence-electron chi connectivity index (χ4n) is 1.27. The maximum Gasteiger partial charge on any atom is 0.266 e. The van der Waals surface area contributed by atoms with Crippen LogP contribution < -0.4 is 10.5 Å². The molecule has 0 aromatic carbocycles. The molecule has 0 aliphatic rings. The van der Waals surface area contributed by atoms with Crippen molar-refractivity contribution in [2.75, 3.05) is 10.5 Å². The van der Waals surface area contributed by atoms with Crippen molar-refractivity contribution in [1.29, 1.82) is 0 Å². The lowest BCUT2D eigenvalue weighted by molar-refractivity contribution is 0.601. The number of H-pyrrole nitrogens is 1. The molecule has 0 fully saturated rings. The summed E-state index contributed by atoms with van der Waals surface area (Å²) in [5, 5.41) is 6.27. The summed E-state index contributed by atoms with van der Waals surface area (Å²) in [7, 11) is -3.75. The molecular formula is C9H11N5O2S. The first kappa shape index (κ1) is 11.4. The Hall–Kier alpha value is -2.09. The molecule has 2 heterocycles. The van der Waals surface area contributed by atoms with Gasteiger partial charge < -0.3 is 5.73 Å². The van der Waals surface area contributed by atoms with Crippen LogP contribution in [0.3, 0.4) is 0 Å². The van der Waals surface area contributed by atoms with Crippen LogP contribution in [0.15, 0.2) is 29.4 Å². The number of sulfonamides is 1. The first-order chi connectivity index (χ1) is 8.00. The number of aromatic nitrogens is 3. The maximum atomic E-state index is 12.0. The number of aryl methyl sites for hydroxylation is 1. The SMILES string of the molecule is Cc1cn[nH]c1NS(=O)(=O)c1cccnc1N. The summed E-state index contributed by atoms with van der Waals surface area (Å²) in [6.45, 7) is 1.73. The second-order valence-electron chi connectivity index (χ2n) is 3.42. The highest BCUT2D eigenvalue weighted by Crippen LogP contribution is 2.19. The van der Waals surface area contributed by atoms with E-state index in [1.807, 2.05) is 0 Å². The highest BCUT2D eigenvalue weighted by Gasteiger charge is 2.19. The number of nitrogens with zero attached hydrogens (tertiary/aromatic N) is 2. The van der Waals surface area contributed by atoms with Crippen LogP contribution >= 0.6 is 0 Å². The van der Waals surface area contributed by atoms with Gasteiger partial charge in [-0.05, 0) is 19.1 Å². The van der Waals surface area contributed by atoms with Crippen LogP contribution in [-0.2, 0) is 10.0 Å². The van der Waals surface area contributed by atoms with Gasteiger partial charge >= 0.3 is 0 Å². The molecule has 0 saturated heterocycles. The maximum absolute atomic E-state index is 12.0. The van der Waals surface area contributed by atoms with Gasteiger partial charge in [-0.3, -0.25) is 9.82 Å². The number of hydrogen-bond donors (Lipinski definition) is 3. The van der Waals surface area contributed by atoms with E-state index < -0.39 is 10.0 Å². The number of rotatable bonds is 3. The molecule has 7 nitrogen and oxygen atoms in total. The fraction of sp³-hybridized carbons (Fsp3) is 0.111. The average Bonchev–Trinajstić information content (AvgIpc) is 2.64. The molecule has 0 radical (unpaired) electrons. The van der Waals surface area contributed by atoms with Crippen LogP contribution in [0, 0.1) is 6.92 Å². The lowest BCUT2D eigenvalue weighted by Crippen LogP contribution is -2.16. The Morgan fingerprint density at radius 3 is 2.82 bits per heavy atom. The second-order valence-corrected chi connectivity index (χ2v) is 5.07. The third kappa shape index (κ3) is 2.21. The predicted molar refractivity (Wildman–Crippen MR) is 62.8 cm³/mol. The number of anilines is 2. The van der Waals surface area contributed by atoms with Crippen LogP contribution in [0.2, 0.25) is 0 Å². The van der Waals surface area contributed by atoms with Crippen molar-refractivity contribution in [2.45, 2.75) is 11.8 Å². The van der Waals surface area contributed by atoms with Crippen molar-refractivity contribution in [3.05, 3.63) is 30.1 Å². The van der Waals surface area contributed by atoms with Crippen LogP contribution in [-0.4, -0.2) is 23.6 Å². The van der Waals surface area contributed by atoms with Gasteiger partial charge in [0.05, 0.1) is 6.20 Å².